The lowest BCUT2D eigenvalue weighted by atomic mass is 10.0. The smallest absolute Gasteiger partial charge is 0.339 e. The Kier molecular flexibility index (Phi) is 4.99. The predicted molar refractivity (Wildman–Crippen MR) is 83.4 cm³/mol. The summed E-state index contributed by atoms with van der Waals surface area (Å²) in [5, 5.41) is 0. The van der Waals surface area contributed by atoms with Crippen molar-refractivity contribution in [2.24, 2.45) is 7.05 Å². The van der Waals surface area contributed by atoms with Crippen LogP contribution < -0.4 is 10.3 Å². The van der Waals surface area contributed by atoms with Crippen LogP contribution in [-0.2, 0) is 11.8 Å². The zero-order valence-electron chi connectivity index (χ0n) is 12.9. The molecule has 0 saturated heterocycles. The molecule has 0 aliphatic heterocycles. The molecule has 0 spiro atoms. The van der Waals surface area contributed by atoms with Gasteiger partial charge in [-0.1, -0.05) is 19.1 Å². The van der Waals surface area contributed by atoms with E-state index in [1.165, 1.54) is 22.9 Å². The molecule has 0 amide bonds. The average molecular weight is 301 g/mol. The fraction of sp³-hybridized carbons (Fsp3) is 0.294. The summed E-state index contributed by atoms with van der Waals surface area (Å²) < 4.78 is 11.8. The Labute approximate surface area is 129 Å². The first kappa shape index (κ1) is 15.8. The van der Waals surface area contributed by atoms with Gasteiger partial charge < -0.3 is 14.0 Å². The second-order valence-electron chi connectivity index (χ2n) is 5.14. The minimum atomic E-state index is -0.434. The van der Waals surface area contributed by atoms with E-state index in [1.807, 2.05) is 31.2 Å². The minimum absolute atomic E-state index is 0.0717. The maximum absolute atomic E-state index is 12.0. The Balaban J connectivity index is 1.97. The molecule has 1 atom stereocenters. The number of ether oxygens (including phenoxy) is 2. The van der Waals surface area contributed by atoms with Crippen LogP contribution >= 0.6 is 0 Å². The first-order valence-corrected chi connectivity index (χ1v) is 6.99. The van der Waals surface area contributed by atoms with Crippen molar-refractivity contribution in [2.45, 2.75) is 12.8 Å². The van der Waals surface area contributed by atoms with Crippen LogP contribution in [0.25, 0.3) is 0 Å². The molecule has 0 N–H and O–H groups in total. The number of aryl methyl sites for hydroxylation is 1. The molecule has 0 aliphatic carbocycles. The highest BCUT2D eigenvalue weighted by Gasteiger charge is 2.12. The number of esters is 1. The summed E-state index contributed by atoms with van der Waals surface area (Å²) in [5.74, 6) is 0.427. The van der Waals surface area contributed by atoms with E-state index in [0.717, 1.165) is 11.3 Å². The molecule has 5 nitrogen and oxygen atoms in total. The number of methoxy groups -OCH3 is 1. The van der Waals surface area contributed by atoms with E-state index in [-0.39, 0.29) is 18.1 Å². The summed E-state index contributed by atoms with van der Waals surface area (Å²) in [4.78, 5) is 23.3. The highest BCUT2D eigenvalue weighted by Crippen LogP contribution is 2.19. The second kappa shape index (κ2) is 6.93. The van der Waals surface area contributed by atoms with Crippen LogP contribution in [-0.4, -0.2) is 24.3 Å². The van der Waals surface area contributed by atoms with Gasteiger partial charge >= 0.3 is 5.97 Å². The number of carbonyl (C=O) groups excluding carboxylic acids is 1. The van der Waals surface area contributed by atoms with Crippen LogP contribution in [0.15, 0.2) is 47.4 Å². The fourth-order valence-electron chi connectivity index (χ4n) is 2.03. The topological polar surface area (TPSA) is 57.5 Å². The monoisotopic (exact) mass is 301 g/mol. The Bertz CT molecular complexity index is 703. The van der Waals surface area contributed by atoms with Crippen molar-refractivity contribution in [3.63, 3.8) is 0 Å². The maximum Gasteiger partial charge on any atom is 0.339 e. The minimum Gasteiger partial charge on any atom is -0.497 e. The molecule has 1 heterocycles. The summed E-state index contributed by atoms with van der Waals surface area (Å²) >= 11 is 0. The largest absolute Gasteiger partial charge is 0.497 e. The summed E-state index contributed by atoms with van der Waals surface area (Å²) in [5.41, 5.74) is 1.27. The average Bonchev–Trinajstić information content (AvgIpc) is 2.54. The lowest BCUT2D eigenvalue weighted by Gasteiger charge is -2.13. The number of nitrogens with zero attached hydrogens (tertiary/aromatic N) is 1. The van der Waals surface area contributed by atoms with Crippen LogP contribution in [0.3, 0.4) is 0 Å². The van der Waals surface area contributed by atoms with E-state index in [2.05, 4.69) is 0 Å². The van der Waals surface area contributed by atoms with Gasteiger partial charge in [-0.15, -0.1) is 0 Å². The zero-order chi connectivity index (χ0) is 16.1. The van der Waals surface area contributed by atoms with Crippen molar-refractivity contribution in [3.05, 3.63) is 64.1 Å². The number of carbonyl (C=O) groups is 1. The molecular weight excluding hydrogens is 282 g/mol. The lowest BCUT2D eigenvalue weighted by molar-refractivity contribution is 0.0484. The van der Waals surface area contributed by atoms with E-state index in [1.54, 1.807) is 14.2 Å². The first-order valence-electron chi connectivity index (χ1n) is 6.99. The van der Waals surface area contributed by atoms with Gasteiger partial charge in [0.25, 0.3) is 0 Å². The molecule has 1 aromatic carbocycles. The Morgan fingerprint density at radius 3 is 2.45 bits per heavy atom. The summed E-state index contributed by atoms with van der Waals surface area (Å²) in [6.45, 7) is 2.25. The van der Waals surface area contributed by atoms with E-state index in [4.69, 9.17) is 9.47 Å². The van der Waals surface area contributed by atoms with Crippen molar-refractivity contribution in [3.8, 4) is 5.75 Å². The van der Waals surface area contributed by atoms with Crippen molar-refractivity contribution >= 4 is 5.97 Å². The van der Waals surface area contributed by atoms with Crippen LogP contribution in [0.4, 0.5) is 0 Å². The van der Waals surface area contributed by atoms with Gasteiger partial charge in [0.15, 0.2) is 0 Å². The number of hydrogen-bond donors (Lipinski definition) is 0. The summed E-state index contributed by atoms with van der Waals surface area (Å²) in [6.07, 6.45) is 1.47. The van der Waals surface area contributed by atoms with E-state index in [0.29, 0.717) is 5.56 Å². The number of benzene rings is 1. The molecule has 0 aliphatic rings. The van der Waals surface area contributed by atoms with Gasteiger partial charge in [-0.2, -0.15) is 0 Å². The number of rotatable bonds is 5. The zero-order valence-corrected chi connectivity index (χ0v) is 12.9. The van der Waals surface area contributed by atoms with Gasteiger partial charge in [-0.3, -0.25) is 4.79 Å². The first-order chi connectivity index (χ1) is 10.5. The van der Waals surface area contributed by atoms with E-state index < -0.39 is 5.97 Å². The van der Waals surface area contributed by atoms with Crippen molar-refractivity contribution < 1.29 is 14.3 Å². The molecule has 0 bridgehead atoms. The van der Waals surface area contributed by atoms with Gasteiger partial charge in [0.2, 0.25) is 5.56 Å². The van der Waals surface area contributed by atoms with Crippen LogP contribution in [0.5, 0.6) is 5.75 Å². The van der Waals surface area contributed by atoms with Gasteiger partial charge in [0, 0.05) is 25.2 Å². The molecule has 2 aromatic rings. The quantitative estimate of drug-likeness (QED) is 0.796. The van der Waals surface area contributed by atoms with Gasteiger partial charge in [-0.25, -0.2) is 4.79 Å². The van der Waals surface area contributed by atoms with Crippen LogP contribution in [0.1, 0.15) is 28.8 Å². The van der Waals surface area contributed by atoms with Gasteiger partial charge in [0.1, 0.15) is 5.75 Å². The number of hydrogen-bond acceptors (Lipinski definition) is 4. The summed E-state index contributed by atoms with van der Waals surface area (Å²) in [7, 11) is 3.21. The van der Waals surface area contributed by atoms with E-state index in [9.17, 15) is 9.59 Å². The molecule has 0 saturated carbocycles. The molecule has 1 unspecified atom stereocenters. The maximum atomic E-state index is 12.0. The lowest BCUT2D eigenvalue weighted by Crippen LogP contribution is -2.18. The van der Waals surface area contributed by atoms with E-state index >= 15 is 0 Å². The fourth-order valence-corrected chi connectivity index (χ4v) is 2.03. The SMILES string of the molecule is COc1ccc(C(C)COC(=O)c2ccc(=O)n(C)c2)cc1. The molecular formula is C17H19NO4. The molecule has 2 rings (SSSR count). The second-order valence-corrected chi connectivity index (χ2v) is 5.14. The molecule has 0 fully saturated rings. The standard InChI is InChI=1S/C17H19NO4/c1-12(13-4-7-15(21-3)8-5-13)11-22-17(20)14-6-9-16(19)18(2)10-14/h4-10,12H,11H2,1-3H3. The Hall–Kier alpha value is -2.56. The number of pyridine rings is 1. The third-order valence-electron chi connectivity index (χ3n) is 3.47. The normalized spacial score (nSPS) is 11.8. The Morgan fingerprint density at radius 2 is 1.86 bits per heavy atom. The Morgan fingerprint density at radius 1 is 1.18 bits per heavy atom. The van der Waals surface area contributed by atoms with Crippen molar-refractivity contribution in [2.75, 3.05) is 13.7 Å². The van der Waals surface area contributed by atoms with Gasteiger partial charge in [0.05, 0.1) is 19.3 Å². The molecule has 116 valence electrons. The predicted octanol–water partition coefficient (Wildman–Crippen LogP) is 2.35. The van der Waals surface area contributed by atoms with Crippen molar-refractivity contribution in [1.82, 2.24) is 4.57 Å². The molecule has 5 heteroatoms. The third-order valence-corrected chi connectivity index (χ3v) is 3.47. The highest BCUT2D eigenvalue weighted by atomic mass is 16.5. The third kappa shape index (κ3) is 3.75. The highest BCUT2D eigenvalue weighted by molar-refractivity contribution is 5.88. The van der Waals surface area contributed by atoms with Crippen molar-refractivity contribution in [1.29, 1.82) is 0 Å². The molecule has 22 heavy (non-hydrogen) atoms. The molecule has 1 aromatic heterocycles. The number of aromatic nitrogens is 1. The van der Waals surface area contributed by atoms with Crippen LogP contribution in [0, 0.1) is 0 Å². The van der Waals surface area contributed by atoms with Gasteiger partial charge in [-0.05, 0) is 23.8 Å². The molecule has 0 radical (unpaired) electrons. The summed E-state index contributed by atoms with van der Waals surface area (Å²) in [6, 6.07) is 10.5. The van der Waals surface area contributed by atoms with Crippen LogP contribution in [0.2, 0.25) is 0 Å².